The van der Waals surface area contributed by atoms with Crippen LogP contribution in [0.4, 0.5) is 0 Å². The van der Waals surface area contributed by atoms with Gasteiger partial charge in [-0.25, -0.2) is 0 Å². The number of rotatable bonds is 2. The van der Waals surface area contributed by atoms with Gasteiger partial charge in [-0.3, -0.25) is 0 Å². The molecule has 2 aliphatic carbocycles. The molecule has 1 N–H and O–H groups in total. The fourth-order valence-electron chi connectivity index (χ4n) is 5.57. The highest BCUT2D eigenvalue weighted by Gasteiger charge is 2.52. The minimum Gasteiger partial charge on any atom is -0.396 e. The molecular weight excluding hydrogens is 340 g/mol. The summed E-state index contributed by atoms with van der Waals surface area (Å²) < 4.78 is 0. The maximum atomic E-state index is 9.79. The topological polar surface area (TPSA) is 20.2 Å². The lowest BCUT2D eigenvalue weighted by Crippen LogP contribution is -2.27. The predicted octanol–water partition coefficient (Wildman–Crippen LogP) is 5.56. The van der Waals surface area contributed by atoms with Gasteiger partial charge in [0.2, 0.25) is 0 Å². The SMILES string of the molecule is OCCc1cccc2c1C1(c3ccccc3-c3ccccc31)c1ccccc1-2. The summed E-state index contributed by atoms with van der Waals surface area (Å²) in [7, 11) is 0. The summed E-state index contributed by atoms with van der Waals surface area (Å²) in [6.07, 6.45) is 0.670. The van der Waals surface area contributed by atoms with E-state index in [0.717, 1.165) is 0 Å². The maximum absolute atomic E-state index is 9.79. The van der Waals surface area contributed by atoms with E-state index in [1.807, 2.05) is 0 Å². The van der Waals surface area contributed by atoms with E-state index in [0.29, 0.717) is 6.42 Å². The minimum absolute atomic E-state index is 0.159. The van der Waals surface area contributed by atoms with Crippen molar-refractivity contribution < 1.29 is 5.11 Å². The fraction of sp³-hybridized carbons (Fsp3) is 0.111. The Bertz CT molecular complexity index is 1170. The highest BCUT2D eigenvalue weighted by Crippen LogP contribution is 2.63. The first-order valence-electron chi connectivity index (χ1n) is 9.90. The molecule has 0 unspecified atom stereocenters. The fourth-order valence-corrected chi connectivity index (χ4v) is 5.57. The Labute approximate surface area is 164 Å². The van der Waals surface area contributed by atoms with Gasteiger partial charge in [0.1, 0.15) is 0 Å². The molecule has 0 amide bonds. The van der Waals surface area contributed by atoms with Crippen molar-refractivity contribution in [3.05, 3.63) is 119 Å². The number of fused-ring (bicyclic) bond motifs is 10. The molecule has 0 atom stereocenters. The third-order valence-electron chi connectivity index (χ3n) is 6.48. The van der Waals surface area contributed by atoms with Gasteiger partial charge in [-0.15, -0.1) is 0 Å². The van der Waals surface area contributed by atoms with Crippen molar-refractivity contribution >= 4 is 0 Å². The van der Waals surface area contributed by atoms with Crippen molar-refractivity contribution in [3.8, 4) is 22.3 Å². The van der Waals surface area contributed by atoms with E-state index in [1.54, 1.807) is 0 Å². The molecule has 0 aromatic heterocycles. The van der Waals surface area contributed by atoms with Crippen LogP contribution in [0.15, 0.2) is 91.0 Å². The van der Waals surface area contributed by atoms with E-state index in [2.05, 4.69) is 91.0 Å². The van der Waals surface area contributed by atoms with Crippen molar-refractivity contribution in [1.82, 2.24) is 0 Å². The Morgan fingerprint density at radius 1 is 0.536 bits per heavy atom. The summed E-state index contributed by atoms with van der Waals surface area (Å²) in [5, 5.41) is 9.79. The van der Waals surface area contributed by atoms with Gasteiger partial charge in [-0.2, -0.15) is 0 Å². The lowest BCUT2D eigenvalue weighted by molar-refractivity contribution is 0.299. The monoisotopic (exact) mass is 360 g/mol. The molecule has 134 valence electrons. The zero-order valence-corrected chi connectivity index (χ0v) is 15.5. The number of aliphatic hydroxyl groups is 1. The molecule has 4 aromatic carbocycles. The van der Waals surface area contributed by atoms with Crippen LogP contribution in [0.1, 0.15) is 27.8 Å². The Morgan fingerprint density at radius 3 is 1.54 bits per heavy atom. The summed E-state index contributed by atoms with van der Waals surface area (Å²) in [6, 6.07) is 33.0. The molecule has 0 aliphatic heterocycles. The third kappa shape index (κ3) is 1.75. The van der Waals surface area contributed by atoms with Crippen LogP contribution in [0, 0.1) is 0 Å². The van der Waals surface area contributed by atoms with Gasteiger partial charge in [0.25, 0.3) is 0 Å². The highest BCUT2D eigenvalue weighted by atomic mass is 16.2. The smallest absolute Gasteiger partial charge is 0.0728 e. The Balaban J connectivity index is 1.85. The van der Waals surface area contributed by atoms with Gasteiger partial charge < -0.3 is 5.11 Å². The van der Waals surface area contributed by atoms with E-state index >= 15 is 0 Å². The summed E-state index contributed by atoms with van der Waals surface area (Å²) in [6.45, 7) is 0.159. The first-order chi connectivity index (χ1) is 13.9. The molecule has 0 fully saturated rings. The van der Waals surface area contributed by atoms with Gasteiger partial charge in [-0.05, 0) is 56.5 Å². The average Bonchev–Trinajstić information content (AvgIpc) is 3.22. The molecule has 0 radical (unpaired) electrons. The van der Waals surface area contributed by atoms with Crippen LogP contribution in [-0.2, 0) is 11.8 Å². The molecule has 6 rings (SSSR count). The molecule has 1 heteroatoms. The zero-order valence-electron chi connectivity index (χ0n) is 15.5. The van der Waals surface area contributed by atoms with Crippen LogP contribution in [0.2, 0.25) is 0 Å². The normalized spacial score (nSPS) is 14.5. The van der Waals surface area contributed by atoms with Crippen LogP contribution >= 0.6 is 0 Å². The number of aliphatic hydroxyl groups excluding tert-OH is 1. The summed E-state index contributed by atoms with van der Waals surface area (Å²) in [5.41, 5.74) is 11.6. The second-order valence-corrected chi connectivity index (χ2v) is 7.70. The quantitative estimate of drug-likeness (QED) is 0.428. The predicted molar refractivity (Wildman–Crippen MR) is 114 cm³/mol. The summed E-state index contributed by atoms with van der Waals surface area (Å²) in [4.78, 5) is 0. The van der Waals surface area contributed by atoms with Gasteiger partial charge in [0.05, 0.1) is 5.41 Å². The largest absolute Gasteiger partial charge is 0.396 e. The van der Waals surface area contributed by atoms with Crippen molar-refractivity contribution in [1.29, 1.82) is 0 Å². The van der Waals surface area contributed by atoms with Crippen molar-refractivity contribution in [2.45, 2.75) is 11.8 Å². The molecule has 4 aromatic rings. The van der Waals surface area contributed by atoms with E-state index in [4.69, 9.17) is 0 Å². The average molecular weight is 360 g/mol. The van der Waals surface area contributed by atoms with Crippen molar-refractivity contribution in [3.63, 3.8) is 0 Å². The number of hydrogen-bond donors (Lipinski definition) is 1. The van der Waals surface area contributed by atoms with Crippen molar-refractivity contribution in [2.75, 3.05) is 6.61 Å². The van der Waals surface area contributed by atoms with E-state index < -0.39 is 0 Å². The van der Waals surface area contributed by atoms with Crippen LogP contribution in [-0.4, -0.2) is 11.7 Å². The number of hydrogen-bond acceptors (Lipinski definition) is 1. The van der Waals surface area contributed by atoms with E-state index in [-0.39, 0.29) is 12.0 Å². The zero-order chi connectivity index (χ0) is 18.7. The maximum Gasteiger partial charge on any atom is 0.0728 e. The van der Waals surface area contributed by atoms with Crippen LogP contribution < -0.4 is 0 Å². The molecule has 1 nitrogen and oxygen atoms in total. The molecule has 0 heterocycles. The molecular formula is C27H20O. The second kappa shape index (κ2) is 5.67. The molecule has 0 saturated heterocycles. The molecule has 1 spiro atoms. The number of benzene rings is 4. The second-order valence-electron chi connectivity index (χ2n) is 7.70. The first kappa shape index (κ1) is 15.9. The third-order valence-corrected chi connectivity index (χ3v) is 6.48. The lowest BCUT2D eigenvalue weighted by atomic mass is 9.69. The summed E-state index contributed by atoms with van der Waals surface area (Å²) in [5.74, 6) is 0. The summed E-state index contributed by atoms with van der Waals surface area (Å²) >= 11 is 0. The Hall–Kier alpha value is -3.16. The first-order valence-corrected chi connectivity index (χ1v) is 9.90. The Kier molecular flexibility index (Phi) is 3.21. The van der Waals surface area contributed by atoms with Gasteiger partial charge >= 0.3 is 0 Å². The lowest BCUT2D eigenvalue weighted by Gasteiger charge is -2.32. The molecule has 2 aliphatic rings. The van der Waals surface area contributed by atoms with Crippen LogP contribution in [0.3, 0.4) is 0 Å². The van der Waals surface area contributed by atoms with Gasteiger partial charge in [0, 0.05) is 6.61 Å². The van der Waals surface area contributed by atoms with Crippen LogP contribution in [0.25, 0.3) is 22.3 Å². The van der Waals surface area contributed by atoms with Gasteiger partial charge in [-0.1, -0.05) is 91.0 Å². The highest BCUT2D eigenvalue weighted by molar-refractivity contribution is 5.95. The minimum atomic E-state index is -0.301. The van der Waals surface area contributed by atoms with Crippen molar-refractivity contribution in [2.24, 2.45) is 0 Å². The molecule has 0 saturated carbocycles. The van der Waals surface area contributed by atoms with E-state index in [9.17, 15) is 5.11 Å². The van der Waals surface area contributed by atoms with E-state index in [1.165, 1.54) is 50.1 Å². The Morgan fingerprint density at radius 2 is 1.00 bits per heavy atom. The van der Waals surface area contributed by atoms with Gasteiger partial charge in [0.15, 0.2) is 0 Å². The van der Waals surface area contributed by atoms with Crippen LogP contribution in [0.5, 0.6) is 0 Å². The molecule has 28 heavy (non-hydrogen) atoms. The standard InChI is InChI=1S/C27H20O/c28-17-16-18-8-7-12-22-21-11-3-6-15-25(21)27(26(18)22)23-13-4-1-9-19(23)20-10-2-5-14-24(20)27/h1-15,28H,16-17H2. The molecule has 0 bridgehead atoms.